The van der Waals surface area contributed by atoms with E-state index in [0.29, 0.717) is 17.8 Å². The van der Waals surface area contributed by atoms with Crippen LogP contribution in [0.3, 0.4) is 0 Å². The molecule has 7 nitrogen and oxygen atoms in total. The number of carboxylic acid groups (broad SMARTS) is 1. The summed E-state index contributed by atoms with van der Waals surface area (Å²) in [5.74, 6) is -0.864. The van der Waals surface area contributed by atoms with Gasteiger partial charge >= 0.3 is 12.0 Å². The molecular formula is C24H31N3O4. The van der Waals surface area contributed by atoms with Crippen LogP contribution in [-0.2, 0) is 11.2 Å². The van der Waals surface area contributed by atoms with Gasteiger partial charge in [-0.1, -0.05) is 23.8 Å². The molecule has 1 atom stereocenters. The summed E-state index contributed by atoms with van der Waals surface area (Å²) >= 11 is 0. The number of urea groups is 1. The molecule has 2 amide bonds. The molecule has 31 heavy (non-hydrogen) atoms. The minimum absolute atomic E-state index is 0.0182. The normalized spacial score (nSPS) is 16.3. The fraction of sp³-hybridized carbons (Fsp3) is 0.417. The average molecular weight is 426 g/mol. The van der Waals surface area contributed by atoms with Gasteiger partial charge in [-0.15, -0.1) is 0 Å². The number of hydrogen-bond acceptors (Lipinski definition) is 4. The molecule has 1 aliphatic rings. The Morgan fingerprint density at radius 1 is 1.13 bits per heavy atom. The van der Waals surface area contributed by atoms with Crippen LogP contribution in [0.4, 0.5) is 21.9 Å². The van der Waals surface area contributed by atoms with E-state index in [1.807, 2.05) is 49.4 Å². The first-order valence-corrected chi connectivity index (χ1v) is 10.6. The molecule has 0 spiro atoms. The molecule has 1 saturated heterocycles. The number of rotatable bonds is 7. The quantitative estimate of drug-likeness (QED) is 0.527. The summed E-state index contributed by atoms with van der Waals surface area (Å²) < 4.78 is 0. The molecule has 1 heterocycles. The predicted octanol–water partition coefficient (Wildman–Crippen LogP) is 4.40. The van der Waals surface area contributed by atoms with Crippen LogP contribution in [-0.4, -0.2) is 40.4 Å². The molecule has 2 aromatic carbocycles. The highest BCUT2D eigenvalue weighted by Crippen LogP contribution is 2.37. The SMILES string of the molecule is Cc1ccc(NC(=O)Nc2cc(CCC(=O)O)ccc2N2CCCC2C(C)(C)O)cc1. The number of nitrogens with one attached hydrogen (secondary N) is 2. The number of aryl methyl sites for hydroxylation is 2. The van der Waals surface area contributed by atoms with Crippen molar-refractivity contribution in [3.05, 3.63) is 53.6 Å². The van der Waals surface area contributed by atoms with Crippen molar-refractivity contribution < 1.29 is 19.8 Å². The molecule has 166 valence electrons. The Kier molecular flexibility index (Phi) is 6.85. The number of nitrogens with zero attached hydrogens (tertiary/aromatic N) is 1. The van der Waals surface area contributed by atoms with Gasteiger partial charge in [-0.3, -0.25) is 4.79 Å². The van der Waals surface area contributed by atoms with Gasteiger partial charge in [-0.25, -0.2) is 4.79 Å². The van der Waals surface area contributed by atoms with Crippen molar-refractivity contribution in [3.8, 4) is 0 Å². The average Bonchev–Trinajstić information content (AvgIpc) is 3.18. The van der Waals surface area contributed by atoms with Gasteiger partial charge in [-0.05, 0) is 69.9 Å². The zero-order valence-electron chi connectivity index (χ0n) is 18.3. The fourth-order valence-electron chi connectivity index (χ4n) is 4.05. The zero-order valence-corrected chi connectivity index (χ0v) is 18.3. The van der Waals surface area contributed by atoms with E-state index in [4.69, 9.17) is 5.11 Å². The highest BCUT2D eigenvalue weighted by molar-refractivity contribution is 6.02. The highest BCUT2D eigenvalue weighted by Gasteiger charge is 2.37. The van der Waals surface area contributed by atoms with Gasteiger partial charge in [0.15, 0.2) is 0 Å². The molecule has 3 rings (SSSR count). The van der Waals surface area contributed by atoms with Crippen LogP contribution in [0, 0.1) is 6.92 Å². The van der Waals surface area contributed by atoms with Crippen molar-refractivity contribution in [2.75, 3.05) is 22.1 Å². The maximum Gasteiger partial charge on any atom is 0.323 e. The van der Waals surface area contributed by atoms with Crippen molar-refractivity contribution in [1.29, 1.82) is 0 Å². The number of carbonyl (C=O) groups excluding carboxylic acids is 1. The van der Waals surface area contributed by atoms with Crippen LogP contribution in [0.5, 0.6) is 0 Å². The Morgan fingerprint density at radius 3 is 2.48 bits per heavy atom. The summed E-state index contributed by atoms with van der Waals surface area (Å²) in [7, 11) is 0. The standard InChI is InChI=1S/C24H31N3O4/c1-16-6-10-18(11-7-16)25-23(30)26-19-15-17(9-13-22(28)29)8-12-20(19)27-14-4-5-21(27)24(2,3)31/h6-8,10-12,15,21,31H,4-5,9,13-14H2,1-3H3,(H,28,29)(H2,25,26,30). The number of benzene rings is 2. The summed E-state index contributed by atoms with van der Waals surface area (Å²) in [6, 6.07) is 12.7. The lowest BCUT2D eigenvalue weighted by Gasteiger charge is -2.36. The van der Waals surface area contributed by atoms with Crippen molar-refractivity contribution in [2.24, 2.45) is 0 Å². The van der Waals surface area contributed by atoms with Crippen molar-refractivity contribution in [3.63, 3.8) is 0 Å². The number of amides is 2. The molecule has 2 aromatic rings. The Morgan fingerprint density at radius 2 is 1.84 bits per heavy atom. The van der Waals surface area contributed by atoms with E-state index in [1.165, 1.54) is 0 Å². The van der Waals surface area contributed by atoms with Gasteiger partial charge in [0.25, 0.3) is 0 Å². The number of aliphatic hydroxyl groups is 1. The third-order valence-corrected chi connectivity index (χ3v) is 5.62. The Hall–Kier alpha value is -3.06. The Bertz CT molecular complexity index is 935. The molecule has 1 fully saturated rings. The van der Waals surface area contributed by atoms with Gasteiger partial charge in [0.2, 0.25) is 0 Å². The summed E-state index contributed by atoms with van der Waals surface area (Å²) in [4.78, 5) is 25.8. The zero-order chi connectivity index (χ0) is 22.6. The molecule has 0 aromatic heterocycles. The van der Waals surface area contributed by atoms with Crippen LogP contribution in [0.15, 0.2) is 42.5 Å². The predicted molar refractivity (Wildman–Crippen MR) is 123 cm³/mol. The monoisotopic (exact) mass is 425 g/mol. The van der Waals surface area contributed by atoms with E-state index in [0.717, 1.165) is 36.2 Å². The van der Waals surface area contributed by atoms with E-state index in [1.54, 1.807) is 13.8 Å². The Balaban J connectivity index is 1.86. The third-order valence-electron chi connectivity index (χ3n) is 5.62. The first-order valence-electron chi connectivity index (χ1n) is 10.6. The molecule has 0 aliphatic carbocycles. The lowest BCUT2D eigenvalue weighted by atomic mass is 9.96. The number of carbonyl (C=O) groups is 2. The molecule has 0 saturated carbocycles. The molecular weight excluding hydrogens is 394 g/mol. The summed E-state index contributed by atoms with van der Waals surface area (Å²) in [6.07, 6.45) is 2.20. The van der Waals surface area contributed by atoms with Crippen LogP contribution in [0.25, 0.3) is 0 Å². The van der Waals surface area contributed by atoms with E-state index in [9.17, 15) is 14.7 Å². The van der Waals surface area contributed by atoms with Gasteiger partial charge in [-0.2, -0.15) is 0 Å². The molecule has 0 radical (unpaired) electrons. The van der Waals surface area contributed by atoms with Crippen LogP contribution < -0.4 is 15.5 Å². The molecule has 4 N–H and O–H groups in total. The second-order valence-corrected chi connectivity index (χ2v) is 8.70. The summed E-state index contributed by atoms with van der Waals surface area (Å²) in [5, 5.41) is 25.4. The number of carboxylic acids is 1. The maximum absolute atomic E-state index is 12.7. The van der Waals surface area contributed by atoms with E-state index < -0.39 is 11.6 Å². The lowest BCUT2D eigenvalue weighted by Crippen LogP contribution is -2.46. The molecule has 7 heteroatoms. The smallest absolute Gasteiger partial charge is 0.323 e. The largest absolute Gasteiger partial charge is 0.481 e. The second kappa shape index (κ2) is 9.39. The first kappa shape index (κ1) is 22.6. The number of hydrogen-bond donors (Lipinski definition) is 4. The molecule has 1 aliphatic heterocycles. The van der Waals surface area contributed by atoms with Gasteiger partial charge in [0.1, 0.15) is 0 Å². The second-order valence-electron chi connectivity index (χ2n) is 8.70. The highest BCUT2D eigenvalue weighted by atomic mass is 16.4. The first-order chi connectivity index (χ1) is 14.6. The van der Waals surface area contributed by atoms with Gasteiger partial charge in [0.05, 0.1) is 23.0 Å². The van der Waals surface area contributed by atoms with Crippen LogP contribution in [0.2, 0.25) is 0 Å². The topological polar surface area (TPSA) is 102 Å². The van der Waals surface area contributed by atoms with E-state index in [2.05, 4.69) is 15.5 Å². The van der Waals surface area contributed by atoms with Crippen molar-refractivity contribution in [1.82, 2.24) is 0 Å². The minimum atomic E-state index is -0.889. The lowest BCUT2D eigenvalue weighted by molar-refractivity contribution is -0.136. The number of anilines is 3. The maximum atomic E-state index is 12.7. The molecule has 0 bridgehead atoms. The minimum Gasteiger partial charge on any atom is -0.481 e. The summed E-state index contributed by atoms with van der Waals surface area (Å²) in [5.41, 5.74) is 3.15. The van der Waals surface area contributed by atoms with Crippen molar-refractivity contribution >= 4 is 29.1 Å². The number of aliphatic carboxylic acids is 1. The summed E-state index contributed by atoms with van der Waals surface area (Å²) in [6.45, 7) is 6.36. The van der Waals surface area contributed by atoms with Gasteiger partial charge < -0.3 is 25.7 Å². The van der Waals surface area contributed by atoms with Crippen molar-refractivity contribution in [2.45, 2.75) is 58.1 Å². The van der Waals surface area contributed by atoms with Crippen LogP contribution in [0.1, 0.15) is 44.2 Å². The van der Waals surface area contributed by atoms with Crippen LogP contribution >= 0.6 is 0 Å². The third kappa shape index (κ3) is 5.98. The van der Waals surface area contributed by atoms with E-state index in [-0.39, 0.29) is 18.5 Å². The Labute approximate surface area is 183 Å². The van der Waals surface area contributed by atoms with E-state index >= 15 is 0 Å². The van der Waals surface area contributed by atoms with Gasteiger partial charge in [0, 0.05) is 18.7 Å². The fourth-order valence-corrected chi connectivity index (χ4v) is 4.05. The molecule has 1 unspecified atom stereocenters.